The van der Waals surface area contributed by atoms with Crippen molar-refractivity contribution in [2.75, 3.05) is 6.61 Å². The van der Waals surface area contributed by atoms with E-state index in [4.69, 9.17) is 4.74 Å². The maximum Gasteiger partial charge on any atom is 0.272 e. The molecular weight excluding hydrogens is 280 g/mol. The summed E-state index contributed by atoms with van der Waals surface area (Å²) >= 11 is 0. The number of hydrogen-bond acceptors (Lipinski definition) is 4. The monoisotopic (exact) mass is 302 g/mol. The fourth-order valence-corrected chi connectivity index (χ4v) is 2.23. The minimum atomic E-state index is -0.294. The molecule has 1 heterocycles. The van der Waals surface area contributed by atoms with Crippen molar-refractivity contribution in [1.29, 1.82) is 0 Å². The van der Waals surface area contributed by atoms with E-state index in [9.17, 15) is 9.90 Å². The van der Waals surface area contributed by atoms with Crippen LogP contribution in [0.2, 0.25) is 0 Å². The van der Waals surface area contributed by atoms with E-state index in [0.29, 0.717) is 30.3 Å². The first-order valence-corrected chi connectivity index (χ1v) is 7.50. The van der Waals surface area contributed by atoms with Gasteiger partial charge >= 0.3 is 0 Å². The van der Waals surface area contributed by atoms with E-state index in [2.05, 4.69) is 5.10 Å². The van der Waals surface area contributed by atoms with Crippen LogP contribution in [-0.4, -0.2) is 21.5 Å². The van der Waals surface area contributed by atoms with Gasteiger partial charge in [-0.05, 0) is 31.0 Å². The van der Waals surface area contributed by atoms with Gasteiger partial charge in [0.1, 0.15) is 5.75 Å². The van der Waals surface area contributed by atoms with Crippen LogP contribution in [0.1, 0.15) is 26.3 Å². The summed E-state index contributed by atoms with van der Waals surface area (Å²) in [5.74, 6) is 1.05. The third-order valence-electron chi connectivity index (χ3n) is 3.20. The molecule has 1 aromatic carbocycles. The van der Waals surface area contributed by atoms with Crippen LogP contribution >= 0.6 is 0 Å². The normalized spacial score (nSPS) is 11.0. The molecule has 0 unspecified atom stereocenters. The molecule has 0 radical (unpaired) electrons. The van der Waals surface area contributed by atoms with Crippen molar-refractivity contribution in [2.45, 2.75) is 33.9 Å². The predicted octanol–water partition coefficient (Wildman–Crippen LogP) is 2.46. The summed E-state index contributed by atoms with van der Waals surface area (Å²) in [6.07, 6.45) is 0. The van der Waals surface area contributed by atoms with Gasteiger partial charge in [-0.2, -0.15) is 5.10 Å². The lowest BCUT2D eigenvalue weighted by atomic mass is 10.1. The second-order valence-corrected chi connectivity index (χ2v) is 5.55. The van der Waals surface area contributed by atoms with Crippen molar-refractivity contribution >= 4 is 0 Å². The Morgan fingerprint density at radius 3 is 2.73 bits per heavy atom. The number of hydrogen-bond donors (Lipinski definition) is 1. The molecule has 0 fully saturated rings. The number of aliphatic hydroxyl groups is 1. The summed E-state index contributed by atoms with van der Waals surface area (Å²) in [6.45, 7) is 6.79. The molecule has 0 aliphatic heterocycles. The highest BCUT2D eigenvalue weighted by Crippen LogP contribution is 2.22. The van der Waals surface area contributed by atoms with E-state index < -0.39 is 0 Å². The molecule has 1 aromatic heterocycles. The standard InChI is InChI=1S/C17H22N2O3/c1-4-22-15-7-5-6-13(8-15)16-9-14(11-20)17(21)19(18-16)10-12(2)3/h5-9,12,20H,4,10-11H2,1-3H3. The number of ether oxygens (including phenoxy) is 1. The number of aromatic nitrogens is 2. The zero-order valence-corrected chi connectivity index (χ0v) is 13.2. The van der Waals surface area contributed by atoms with E-state index in [1.807, 2.05) is 45.0 Å². The van der Waals surface area contributed by atoms with E-state index in [-0.39, 0.29) is 12.2 Å². The van der Waals surface area contributed by atoms with E-state index >= 15 is 0 Å². The van der Waals surface area contributed by atoms with Crippen molar-refractivity contribution < 1.29 is 9.84 Å². The predicted molar refractivity (Wildman–Crippen MR) is 85.9 cm³/mol. The lowest BCUT2D eigenvalue weighted by Gasteiger charge is -2.12. The van der Waals surface area contributed by atoms with Gasteiger partial charge < -0.3 is 9.84 Å². The molecule has 0 atom stereocenters. The molecule has 118 valence electrons. The molecule has 0 saturated carbocycles. The van der Waals surface area contributed by atoms with Crippen LogP contribution in [0.5, 0.6) is 5.75 Å². The van der Waals surface area contributed by atoms with Crippen molar-refractivity contribution in [3.8, 4) is 17.0 Å². The summed E-state index contributed by atoms with van der Waals surface area (Å²) in [6, 6.07) is 9.21. The Morgan fingerprint density at radius 1 is 1.32 bits per heavy atom. The quantitative estimate of drug-likeness (QED) is 0.890. The Labute approximate surface area is 130 Å². The van der Waals surface area contributed by atoms with E-state index in [1.165, 1.54) is 4.68 Å². The van der Waals surface area contributed by atoms with Gasteiger partial charge in [0.25, 0.3) is 5.56 Å². The second kappa shape index (κ2) is 7.22. The Balaban J connectivity index is 2.50. The number of rotatable bonds is 6. The van der Waals surface area contributed by atoms with E-state index in [0.717, 1.165) is 11.3 Å². The van der Waals surface area contributed by atoms with Crippen LogP contribution < -0.4 is 10.3 Å². The van der Waals surface area contributed by atoms with Gasteiger partial charge in [0.05, 0.1) is 18.9 Å². The first kappa shape index (κ1) is 16.2. The average Bonchev–Trinajstić information content (AvgIpc) is 2.49. The Kier molecular flexibility index (Phi) is 5.33. The van der Waals surface area contributed by atoms with Gasteiger partial charge in [-0.1, -0.05) is 26.0 Å². The largest absolute Gasteiger partial charge is 0.494 e. The SMILES string of the molecule is CCOc1cccc(-c2cc(CO)c(=O)n(CC(C)C)n2)c1. The van der Waals surface area contributed by atoms with Gasteiger partial charge in [0, 0.05) is 17.7 Å². The van der Waals surface area contributed by atoms with Gasteiger partial charge in [-0.3, -0.25) is 4.79 Å². The van der Waals surface area contributed by atoms with Crippen LogP contribution in [0.4, 0.5) is 0 Å². The molecule has 2 aromatic rings. The Morgan fingerprint density at radius 2 is 2.09 bits per heavy atom. The van der Waals surface area contributed by atoms with Crippen molar-refractivity contribution in [1.82, 2.24) is 9.78 Å². The smallest absolute Gasteiger partial charge is 0.272 e. The van der Waals surface area contributed by atoms with Crippen LogP contribution in [0, 0.1) is 5.92 Å². The van der Waals surface area contributed by atoms with Crippen molar-refractivity contribution in [3.63, 3.8) is 0 Å². The first-order valence-electron chi connectivity index (χ1n) is 7.50. The zero-order valence-electron chi connectivity index (χ0n) is 13.2. The molecule has 22 heavy (non-hydrogen) atoms. The van der Waals surface area contributed by atoms with Gasteiger partial charge in [0.15, 0.2) is 0 Å². The molecule has 0 bridgehead atoms. The minimum Gasteiger partial charge on any atom is -0.494 e. The molecule has 0 saturated heterocycles. The zero-order chi connectivity index (χ0) is 16.1. The molecule has 0 aliphatic carbocycles. The fraction of sp³-hybridized carbons (Fsp3) is 0.412. The molecular formula is C17H22N2O3. The first-order chi connectivity index (χ1) is 10.5. The molecule has 5 nitrogen and oxygen atoms in total. The summed E-state index contributed by atoms with van der Waals surface area (Å²) < 4.78 is 6.93. The molecule has 0 amide bonds. The minimum absolute atomic E-state index is 0.235. The third-order valence-corrected chi connectivity index (χ3v) is 3.20. The summed E-state index contributed by atoms with van der Waals surface area (Å²) in [5, 5.41) is 13.9. The summed E-state index contributed by atoms with van der Waals surface area (Å²) in [4.78, 5) is 12.2. The summed E-state index contributed by atoms with van der Waals surface area (Å²) in [5.41, 5.74) is 1.64. The van der Waals surface area contributed by atoms with Gasteiger partial charge in [-0.15, -0.1) is 0 Å². The maximum atomic E-state index is 12.2. The number of aliphatic hydroxyl groups excluding tert-OH is 1. The Hall–Kier alpha value is -2.14. The number of nitrogens with zero attached hydrogens (tertiary/aromatic N) is 2. The van der Waals surface area contributed by atoms with Crippen molar-refractivity contribution in [2.24, 2.45) is 5.92 Å². The second-order valence-electron chi connectivity index (χ2n) is 5.55. The molecule has 0 spiro atoms. The average molecular weight is 302 g/mol. The van der Waals surface area contributed by atoms with Crippen LogP contribution in [0.25, 0.3) is 11.3 Å². The molecule has 2 rings (SSSR count). The van der Waals surface area contributed by atoms with Crippen molar-refractivity contribution in [3.05, 3.63) is 46.2 Å². The highest BCUT2D eigenvalue weighted by molar-refractivity contribution is 5.61. The maximum absolute atomic E-state index is 12.2. The fourth-order valence-electron chi connectivity index (χ4n) is 2.23. The lowest BCUT2D eigenvalue weighted by molar-refractivity contribution is 0.277. The highest BCUT2D eigenvalue weighted by Gasteiger charge is 2.11. The van der Waals surface area contributed by atoms with Gasteiger partial charge in [0.2, 0.25) is 0 Å². The molecule has 5 heteroatoms. The van der Waals surface area contributed by atoms with Gasteiger partial charge in [-0.25, -0.2) is 4.68 Å². The molecule has 0 aliphatic rings. The highest BCUT2D eigenvalue weighted by atomic mass is 16.5. The topological polar surface area (TPSA) is 64.3 Å². The third kappa shape index (κ3) is 3.74. The van der Waals surface area contributed by atoms with Crippen LogP contribution in [0.15, 0.2) is 35.1 Å². The molecule has 1 N–H and O–H groups in total. The van der Waals surface area contributed by atoms with E-state index in [1.54, 1.807) is 6.07 Å². The van der Waals surface area contributed by atoms with Crippen LogP contribution in [0.3, 0.4) is 0 Å². The Bertz CT molecular complexity index is 693. The number of benzene rings is 1. The van der Waals surface area contributed by atoms with Crippen LogP contribution in [-0.2, 0) is 13.2 Å². The summed E-state index contributed by atoms with van der Waals surface area (Å²) in [7, 11) is 0. The lowest BCUT2D eigenvalue weighted by Crippen LogP contribution is -2.28.